The third-order valence-corrected chi connectivity index (χ3v) is 4.06. The molecule has 2 aromatic rings. The van der Waals surface area contributed by atoms with E-state index >= 15 is 0 Å². The maximum absolute atomic E-state index is 12.0. The van der Waals surface area contributed by atoms with E-state index < -0.39 is 18.1 Å². The summed E-state index contributed by atoms with van der Waals surface area (Å²) in [4.78, 5) is 23.6. The van der Waals surface area contributed by atoms with Gasteiger partial charge in [0.25, 0.3) is 5.91 Å². The van der Waals surface area contributed by atoms with Crippen molar-refractivity contribution in [3.05, 3.63) is 63.6 Å². The Morgan fingerprint density at radius 1 is 1.08 bits per heavy atom. The quantitative estimate of drug-likeness (QED) is 0.747. The monoisotopic (exact) mass is 396 g/mol. The first-order valence-corrected chi connectivity index (χ1v) is 8.50. The fraction of sp³-hybridized carbons (Fsp3) is 0.222. The van der Waals surface area contributed by atoms with Gasteiger partial charge in [0.1, 0.15) is 12.4 Å². The Hall–Kier alpha value is -2.44. The Bertz CT molecular complexity index is 781. The average molecular weight is 397 g/mol. The molecule has 0 aliphatic rings. The van der Waals surface area contributed by atoms with Gasteiger partial charge < -0.3 is 9.47 Å². The Balaban J connectivity index is 1.75. The molecule has 0 spiro atoms. The number of benzene rings is 2. The molecule has 0 heterocycles. The fourth-order valence-corrected chi connectivity index (χ4v) is 2.17. The predicted octanol–water partition coefficient (Wildman–Crippen LogP) is 4.03. The van der Waals surface area contributed by atoms with Crippen molar-refractivity contribution in [1.82, 2.24) is 10.9 Å². The summed E-state index contributed by atoms with van der Waals surface area (Å²) in [6.45, 7) is 3.44. The van der Waals surface area contributed by atoms with Crippen LogP contribution in [0.25, 0.3) is 0 Å². The number of hydrazine groups is 1. The van der Waals surface area contributed by atoms with Crippen molar-refractivity contribution < 1.29 is 19.1 Å². The summed E-state index contributed by atoms with van der Waals surface area (Å²) in [6.07, 6.45) is -1.62. The van der Waals surface area contributed by atoms with Gasteiger partial charge in [0.2, 0.25) is 0 Å². The van der Waals surface area contributed by atoms with Crippen LogP contribution in [-0.2, 0) is 16.1 Å². The summed E-state index contributed by atoms with van der Waals surface area (Å²) in [6, 6.07) is 11.9. The predicted molar refractivity (Wildman–Crippen MR) is 99.2 cm³/mol. The van der Waals surface area contributed by atoms with Gasteiger partial charge in [-0.15, -0.1) is 0 Å². The van der Waals surface area contributed by atoms with Crippen molar-refractivity contribution in [1.29, 1.82) is 0 Å². The maximum Gasteiger partial charge on any atom is 0.426 e. The van der Waals surface area contributed by atoms with Crippen molar-refractivity contribution >= 4 is 35.2 Å². The zero-order valence-corrected chi connectivity index (χ0v) is 15.7. The van der Waals surface area contributed by atoms with E-state index in [1.807, 2.05) is 6.92 Å². The Kier molecular flexibility index (Phi) is 7.12. The summed E-state index contributed by atoms with van der Waals surface area (Å²) >= 11 is 11.7. The lowest BCUT2D eigenvalue weighted by Gasteiger charge is -2.15. The molecule has 2 N–H and O–H groups in total. The topological polar surface area (TPSA) is 76.7 Å². The molecular weight excluding hydrogens is 379 g/mol. The lowest BCUT2D eigenvalue weighted by Crippen LogP contribution is -2.47. The van der Waals surface area contributed by atoms with Crippen LogP contribution in [0.5, 0.6) is 5.75 Å². The number of carbonyl (C=O) groups is 2. The molecule has 0 aliphatic carbocycles. The van der Waals surface area contributed by atoms with Crippen LogP contribution in [0, 0.1) is 6.92 Å². The van der Waals surface area contributed by atoms with Crippen molar-refractivity contribution in [2.24, 2.45) is 0 Å². The van der Waals surface area contributed by atoms with Crippen LogP contribution in [0.4, 0.5) is 4.79 Å². The lowest BCUT2D eigenvalue weighted by atomic mass is 10.2. The Morgan fingerprint density at radius 3 is 2.42 bits per heavy atom. The first-order chi connectivity index (χ1) is 12.3. The van der Waals surface area contributed by atoms with Crippen molar-refractivity contribution in [2.45, 2.75) is 26.6 Å². The highest BCUT2D eigenvalue weighted by atomic mass is 35.5. The molecule has 0 bridgehead atoms. The van der Waals surface area contributed by atoms with E-state index in [1.165, 1.54) is 0 Å². The van der Waals surface area contributed by atoms with Gasteiger partial charge in [0.05, 0.1) is 0 Å². The van der Waals surface area contributed by atoms with Gasteiger partial charge in [-0.1, -0.05) is 35.3 Å². The number of hydrogen-bond donors (Lipinski definition) is 2. The van der Waals surface area contributed by atoms with E-state index in [9.17, 15) is 9.59 Å². The first kappa shape index (κ1) is 19.9. The number of ether oxygens (including phenoxy) is 2. The minimum atomic E-state index is -0.827. The summed E-state index contributed by atoms with van der Waals surface area (Å²) in [5.41, 5.74) is 6.00. The molecule has 8 heteroatoms. The molecule has 0 aromatic heterocycles. The molecule has 1 atom stereocenters. The van der Waals surface area contributed by atoms with E-state index in [1.54, 1.807) is 49.4 Å². The number of carbonyl (C=O) groups excluding carboxylic acids is 2. The second-order valence-electron chi connectivity index (χ2n) is 5.49. The summed E-state index contributed by atoms with van der Waals surface area (Å²) < 4.78 is 10.5. The first-order valence-electron chi connectivity index (χ1n) is 7.75. The van der Waals surface area contributed by atoms with Gasteiger partial charge in [-0.3, -0.25) is 10.2 Å². The molecule has 2 rings (SSSR count). The molecule has 0 fully saturated rings. The Morgan fingerprint density at radius 2 is 1.77 bits per heavy atom. The highest BCUT2D eigenvalue weighted by Crippen LogP contribution is 2.21. The molecule has 0 radical (unpaired) electrons. The van der Waals surface area contributed by atoms with Crippen LogP contribution in [-0.4, -0.2) is 18.1 Å². The van der Waals surface area contributed by atoms with Gasteiger partial charge in [-0.2, -0.15) is 0 Å². The van der Waals surface area contributed by atoms with Crippen LogP contribution >= 0.6 is 23.2 Å². The van der Waals surface area contributed by atoms with Gasteiger partial charge in [-0.05, 0) is 55.3 Å². The zero-order chi connectivity index (χ0) is 19.1. The number of aryl methyl sites for hydroxylation is 1. The lowest BCUT2D eigenvalue weighted by molar-refractivity contribution is -0.128. The van der Waals surface area contributed by atoms with E-state index in [0.29, 0.717) is 15.8 Å². The normalized spacial score (nSPS) is 11.4. The summed E-state index contributed by atoms with van der Waals surface area (Å²) in [5.74, 6) is -0.0269. The number of hydrogen-bond acceptors (Lipinski definition) is 4. The fourth-order valence-electron chi connectivity index (χ4n) is 1.93. The van der Waals surface area contributed by atoms with Crippen LogP contribution in [0.3, 0.4) is 0 Å². The van der Waals surface area contributed by atoms with Gasteiger partial charge in [0, 0.05) is 10.0 Å². The molecule has 0 saturated carbocycles. The molecule has 0 saturated heterocycles. The van der Waals surface area contributed by atoms with Gasteiger partial charge in [0.15, 0.2) is 6.10 Å². The van der Waals surface area contributed by atoms with Crippen LogP contribution < -0.4 is 15.6 Å². The van der Waals surface area contributed by atoms with Gasteiger partial charge >= 0.3 is 6.09 Å². The largest absolute Gasteiger partial charge is 0.481 e. The summed E-state index contributed by atoms with van der Waals surface area (Å²) in [7, 11) is 0. The van der Waals surface area contributed by atoms with Crippen molar-refractivity contribution in [3.8, 4) is 5.75 Å². The van der Waals surface area contributed by atoms with Crippen molar-refractivity contribution in [2.75, 3.05) is 0 Å². The molecule has 0 aliphatic heterocycles. The Labute approximate surface area is 161 Å². The molecule has 2 amide bonds. The SMILES string of the molecule is Cc1cc(O[C@@H](C)C(=O)NNC(=O)OCc2ccc(Cl)cc2)ccc1Cl. The van der Waals surface area contributed by atoms with E-state index in [0.717, 1.165) is 11.1 Å². The number of amides is 2. The van der Waals surface area contributed by atoms with E-state index in [4.69, 9.17) is 32.7 Å². The van der Waals surface area contributed by atoms with Crippen LogP contribution in [0.15, 0.2) is 42.5 Å². The number of nitrogens with one attached hydrogen (secondary N) is 2. The second-order valence-corrected chi connectivity index (χ2v) is 6.33. The molecule has 138 valence electrons. The molecular formula is C18H18Cl2N2O4. The van der Waals surface area contributed by atoms with Crippen LogP contribution in [0.2, 0.25) is 10.0 Å². The van der Waals surface area contributed by atoms with E-state index in [-0.39, 0.29) is 6.61 Å². The van der Waals surface area contributed by atoms with Crippen molar-refractivity contribution in [3.63, 3.8) is 0 Å². The molecule has 26 heavy (non-hydrogen) atoms. The summed E-state index contributed by atoms with van der Waals surface area (Å²) in [5, 5.41) is 1.20. The third-order valence-electron chi connectivity index (χ3n) is 3.38. The third kappa shape index (κ3) is 6.13. The minimum absolute atomic E-state index is 0.0506. The number of halogens is 2. The maximum atomic E-state index is 12.0. The van der Waals surface area contributed by atoms with Crippen LogP contribution in [0.1, 0.15) is 18.1 Å². The minimum Gasteiger partial charge on any atom is -0.481 e. The van der Waals surface area contributed by atoms with E-state index in [2.05, 4.69) is 10.9 Å². The van der Waals surface area contributed by atoms with Gasteiger partial charge in [-0.25, -0.2) is 10.2 Å². The zero-order valence-electron chi connectivity index (χ0n) is 14.2. The molecule has 6 nitrogen and oxygen atoms in total. The standard InChI is InChI=1S/C18H18Cl2N2O4/c1-11-9-15(7-8-16(11)20)26-12(2)17(23)21-22-18(24)25-10-13-3-5-14(19)6-4-13/h3-9,12H,10H2,1-2H3,(H,21,23)(H,22,24)/t12-/m0/s1. The second kappa shape index (κ2) is 9.31. The molecule has 2 aromatic carbocycles. The highest BCUT2D eigenvalue weighted by molar-refractivity contribution is 6.31. The molecule has 0 unspecified atom stereocenters. The smallest absolute Gasteiger partial charge is 0.426 e. The number of rotatable bonds is 5. The highest BCUT2D eigenvalue weighted by Gasteiger charge is 2.16. The average Bonchev–Trinajstić information content (AvgIpc) is 2.62.